The molecule has 0 saturated carbocycles. The van der Waals surface area contributed by atoms with Gasteiger partial charge in [0.05, 0.1) is 24.7 Å². The van der Waals surface area contributed by atoms with Crippen molar-refractivity contribution in [1.82, 2.24) is 9.71 Å². The molecule has 0 bridgehead atoms. The first-order valence-corrected chi connectivity index (χ1v) is 11.6. The zero-order valence-corrected chi connectivity index (χ0v) is 17.4. The minimum atomic E-state index is -3.97. The first kappa shape index (κ1) is 20.8. The molecule has 0 aliphatic carbocycles. The van der Waals surface area contributed by atoms with Gasteiger partial charge >= 0.3 is 0 Å². The van der Waals surface area contributed by atoms with Crippen LogP contribution in [0.25, 0.3) is 0 Å². The number of rotatable bonds is 6. The number of benzene rings is 2. The lowest BCUT2D eigenvalue weighted by Gasteiger charge is -2.10. The number of aromatic nitrogens is 1. The Morgan fingerprint density at radius 1 is 0.821 bits per heavy atom. The number of hydrogen-bond donors (Lipinski definition) is 1. The van der Waals surface area contributed by atoms with E-state index in [0.29, 0.717) is 5.56 Å². The molecule has 0 saturated heterocycles. The van der Waals surface area contributed by atoms with Crippen molar-refractivity contribution in [2.75, 3.05) is 0 Å². The summed E-state index contributed by atoms with van der Waals surface area (Å²) in [6.45, 7) is 0.0277. The standard InChI is InChI=1S/C18H14Cl2N2O4S2/c19-17-7-6-15(10-18(17)20)27(23,24)14-4-1-5-16(9-14)28(25,26)22-12-13-3-2-8-21-11-13/h1-11,22H,12H2. The second-order valence-corrected chi connectivity index (χ2v) is 10.3. The van der Waals surface area contributed by atoms with Crippen LogP contribution >= 0.6 is 23.2 Å². The molecule has 28 heavy (non-hydrogen) atoms. The predicted molar refractivity (Wildman–Crippen MR) is 107 cm³/mol. The molecule has 3 rings (SSSR count). The van der Waals surface area contributed by atoms with Crippen LogP contribution in [-0.2, 0) is 26.4 Å². The highest BCUT2D eigenvalue weighted by Gasteiger charge is 2.22. The average molecular weight is 457 g/mol. The van der Waals surface area contributed by atoms with Gasteiger partial charge in [-0.2, -0.15) is 0 Å². The highest BCUT2D eigenvalue weighted by molar-refractivity contribution is 7.91. The summed E-state index contributed by atoms with van der Waals surface area (Å²) >= 11 is 11.7. The summed E-state index contributed by atoms with van der Waals surface area (Å²) < 4.78 is 53.2. The summed E-state index contributed by atoms with van der Waals surface area (Å²) in [5, 5.41) is 0.307. The second-order valence-electron chi connectivity index (χ2n) is 5.74. The van der Waals surface area contributed by atoms with Crippen LogP contribution in [0.3, 0.4) is 0 Å². The van der Waals surface area contributed by atoms with Crippen LogP contribution in [0.5, 0.6) is 0 Å². The fourth-order valence-electron chi connectivity index (χ4n) is 2.35. The minimum absolute atomic E-state index is 0.0277. The fourth-order valence-corrected chi connectivity index (χ4v) is 5.19. The van der Waals surface area contributed by atoms with E-state index in [1.54, 1.807) is 18.3 Å². The van der Waals surface area contributed by atoms with E-state index in [2.05, 4.69) is 9.71 Å². The van der Waals surface area contributed by atoms with Gasteiger partial charge in [0.1, 0.15) is 0 Å². The van der Waals surface area contributed by atoms with E-state index in [9.17, 15) is 16.8 Å². The number of pyridine rings is 1. The van der Waals surface area contributed by atoms with E-state index in [1.165, 1.54) is 42.6 Å². The van der Waals surface area contributed by atoms with Gasteiger partial charge in [0.2, 0.25) is 19.9 Å². The normalized spacial score (nSPS) is 12.1. The Labute approximate surface area is 173 Å². The highest BCUT2D eigenvalue weighted by atomic mass is 35.5. The van der Waals surface area contributed by atoms with Crippen LogP contribution < -0.4 is 4.72 Å². The molecule has 1 N–H and O–H groups in total. The molecule has 0 aliphatic heterocycles. The molecule has 146 valence electrons. The molecule has 0 spiro atoms. The summed E-state index contributed by atoms with van der Waals surface area (Å²) in [4.78, 5) is 3.49. The van der Waals surface area contributed by atoms with Crippen LogP contribution in [0.2, 0.25) is 10.0 Å². The predicted octanol–water partition coefficient (Wildman–Crippen LogP) is 3.70. The molecule has 2 aromatic carbocycles. The molecule has 0 amide bonds. The summed E-state index contributed by atoms with van der Waals surface area (Å²) in [6, 6.07) is 12.4. The van der Waals surface area contributed by atoms with Crippen LogP contribution in [0, 0.1) is 0 Å². The van der Waals surface area contributed by atoms with Gasteiger partial charge in [0.15, 0.2) is 0 Å². The highest BCUT2D eigenvalue weighted by Crippen LogP contribution is 2.29. The number of sulfonamides is 1. The molecule has 3 aromatic rings. The lowest BCUT2D eigenvalue weighted by atomic mass is 10.3. The molecule has 0 aliphatic rings. The first-order chi connectivity index (χ1) is 13.2. The maximum atomic E-state index is 12.8. The van der Waals surface area contributed by atoms with E-state index in [-0.39, 0.29) is 31.3 Å². The number of nitrogens with zero attached hydrogens (tertiary/aromatic N) is 1. The van der Waals surface area contributed by atoms with Crippen molar-refractivity contribution in [2.45, 2.75) is 21.2 Å². The van der Waals surface area contributed by atoms with E-state index < -0.39 is 19.9 Å². The molecular weight excluding hydrogens is 443 g/mol. The van der Waals surface area contributed by atoms with Gasteiger partial charge in [-0.1, -0.05) is 35.3 Å². The summed E-state index contributed by atoms with van der Waals surface area (Å²) in [5.41, 5.74) is 0.672. The minimum Gasteiger partial charge on any atom is -0.264 e. The Balaban J connectivity index is 1.91. The first-order valence-electron chi connectivity index (χ1n) is 7.89. The third-order valence-electron chi connectivity index (χ3n) is 3.82. The number of sulfone groups is 1. The van der Waals surface area contributed by atoms with Gasteiger partial charge in [-0.15, -0.1) is 0 Å². The third-order valence-corrected chi connectivity index (χ3v) is 7.70. The van der Waals surface area contributed by atoms with Crippen molar-refractivity contribution in [3.63, 3.8) is 0 Å². The maximum absolute atomic E-state index is 12.8. The SMILES string of the molecule is O=S(=O)(NCc1cccnc1)c1cccc(S(=O)(=O)c2ccc(Cl)c(Cl)c2)c1. The number of hydrogen-bond acceptors (Lipinski definition) is 5. The Kier molecular flexibility index (Phi) is 6.07. The monoisotopic (exact) mass is 456 g/mol. The Hall–Kier alpha value is -1.97. The Bertz CT molecular complexity index is 1220. The number of nitrogens with one attached hydrogen (secondary N) is 1. The van der Waals surface area contributed by atoms with Crippen molar-refractivity contribution < 1.29 is 16.8 Å². The Morgan fingerprint density at radius 2 is 1.54 bits per heavy atom. The van der Waals surface area contributed by atoms with Crippen molar-refractivity contribution in [3.8, 4) is 0 Å². The van der Waals surface area contributed by atoms with Gasteiger partial charge in [0, 0.05) is 18.9 Å². The van der Waals surface area contributed by atoms with Gasteiger partial charge in [-0.3, -0.25) is 4.98 Å². The van der Waals surface area contributed by atoms with Gasteiger partial charge in [-0.05, 0) is 48.0 Å². The molecular formula is C18H14Cl2N2O4S2. The largest absolute Gasteiger partial charge is 0.264 e. The summed E-state index contributed by atoms with van der Waals surface area (Å²) in [7, 11) is -7.90. The third kappa shape index (κ3) is 4.53. The molecule has 6 nitrogen and oxygen atoms in total. The van der Waals surface area contributed by atoms with Crippen LogP contribution in [0.15, 0.2) is 81.7 Å². The lowest BCUT2D eigenvalue weighted by molar-refractivity contribution is 0.581. The quantitative estimate of drug-likeness (QED) is 0.610. The zero-order valence-electron chi connectivity index (χ0n) is 14.2. The van der Waals surface area contributed by atoms with Crippen molar-refractivity contribution in [3.05, 3.63) is 82.6 Å². The van der Waals surface area contributed by atoms with E-state index in [0.717, 1.165) is 6.07 Å². The fraction of sp³-hybridized carbons (Fsp3) is 0.0556. The van der Waals surface area contributed by atoms with Crippen LogP contribution in [0.1, 0.15) is 5.56 Å². The molecule has 0 radical (unpaired) electrons. The molecule has 1 aromatic heterocycles. The topological polar surface area (TPSA) is 93.2 Å². The Morgan fingerprint density at radius 3 is 2.21 bits per heavy atom. The van der Waals surface area contributed by atoms with Crippen molar-refractivity contribution >= 4 is 43.1 Å². The van der Waals surface area contributed by atoms with E-state index in [1.807, 2.05) is 0 Å². The smallest absolute Gasteiger partial charge is 0.240 e. The molecule has 10 heteroatoms. The molecule has 0 atom stereocenters. The van der Waals surface area contributed by atoms with Gasteiger partial charge in [0.25, 0.3) is 0 Å². The van der Waals surface area contributed by atoms with Gasteiger partial charge < -0.3 is 0 Å². The summed E-state index contributed by atoms with van der Waals surface area (Å²) in [5.74, 6) is 0. The van der Waals surface area contributed by atoms with Gasteiger partial charge in [-0.25, -0.2) is 21.6 Å². The molecule has 0 fully saturated rings. The van der Waals surface area contributed by atoms with Crippen LogP contribution in [0.4, 0.5) is 0 Å². The van der Waals surface area contributed by atoms with Crippen LogP contribution in [-0.4, -0.2) is 21.8 Å². The second kappa shape index (κ2) is 8.18. The van der Waals surface area contributed by atoms with Crippen molar-refractivity contribution in [1.29, 1.82) is 0 Å². The maximum Gasteiger partial charge on any atom is 0.240 e. The molecule has 0 unspecified atom stereocenters. The zero-order chi connectivity index (χ0) is 20.4. The van der Waals surface area contributed by atoms with E-state index in [4.69, 9.17) is 23.2 Å². The lowest BCUT2D eigenvalue weighted by Crippen LogP contribution is -2.23. The van der Waals surface area contributed by atoms with Crippen molar-refractivity contribution in [2.24, 2.45) is 0 Å². The average Bonchev–Trinajstić information content (AvgIpc) is 2.69. The molecule has 1 heterocycles. The summed E-state index contributed by atoms with van der Waals surface area (Å²) in [6.07, 6.45) is 3.11. The number of halogens is 2. The van der Waals surface area contributed by atoms with E-state index >= 15 is 0 Å².